The van der Waals surface area contributed by atoms with E-state index in [9.17, 15) is 4.79 Å². The van der Waals surface area contributed by atoms with Crippen LogP contribution in [0.5, 0.6) is 0 Å². The first-order chi connectivity index (χ1) is 14.6. The minimum atomic E-state index is -0.190. The third-order valence-corrected chi connectivity index (χ3v) is 5.67. The van der Waals surface area contributed by atoms with E-state index in [1.165, 1.54) is 0 Å². The molecule has 2 heterocycles. The van der Waals surface area contributed by atoms with Crippen LogP contribution in [0.2, 0.25) is 0 Å². The lowest BCUT2D eigenvalue weighted by Gasteiger charge is -2.37. The van der Waals surface area contributed by atoms with E-state index in [-0.39, 0.29) is 11.9 Å². The number of nitrogens with one attached hydrogen (secondary N) is 1. The molecule has 1 fully saturated rings. The van der Waals surface area contributed by atoms with Gasteiger partial charge < -0.3 is 9.84 Å². The van der Waals surface area contributed by atoms with Crippen molar-refractivity contribution >= 4 is 11.6 Å². The second-order valence-corrected chi connectivity index (χ2v) is 7.82. The quantitative estimate of drug-likeness (QED) is 0.677. The maximum Gasteiger partial charge on any atom is 0.241 e. The normalized spacial score (nSPS) is 16.3. The first-order valence-electron chi connectivity index (χ1n) is 10.4. The van der Waals surface area contributed by atoms with Gasteiger partial charge in [0.05, 0.1) is 11.7 Å². The number of anilines is 1. The molecule has 1 aromatic heterocycles. The molecule has 0 saturated carbocycles. The highest BCUT2D eigenvalue weighted by Crippen LogP contribution is 2.27. The number of hydrogen-bond acceptors (Lipinski definition) is 5. The molecule has 1 saturated heterocycles. The molecule has 1 N–H and O–H groups in total. The Labute approximate surface area is 177 Å². The fraction of sp³-hybridized carbons (Fsp3) is 0.333. The van der Waals surface area contributed by atoms with Crippen LogP contribution < -0.4 is 5.32 Å². The van der Waals surface area contributed by atoms with Crippen molar-refractivity contribution in [3.63, 3.8) is 0 Å². The molecule has 6 nitrogen and oxygen atoms in total. The first-order valence-corrected chi connectivity index (χ1v) is 10.4. The summed E-state index contributed by atoms with van der Waals surface area (Å²) in [5.74, 6) is 0.865. The minimum Gasteiger partial charge on any atom is -0.361 e. The zero-order valence-electron chi connectivity index (χ0n) is 17.5. The number of hydrogen-bond donors (Lipinski definition) is 1. The average Bonchev–Trinajstić information content (AvgIpc) is 3.19. The van der Waals surface area contributed by atoms with Crippen molar-refractivity contribution in [3.8, 4) is 11.1 Å². The number of aromatic nitrogens is 1. The van der Waals surface area contributed by atoms with Crippen LogP contribution in [0.15, 0.2) is 65.2 Å². The van der Waals surface area contributed by atoms with E-state index in [4.69, 9.17) is 4.52 Å². The van der Waals surface area contributed by atoms with E-state index >= 15 is 0 Å². The Morgan fingerprint density at radius 1 is 1.07 bits per heavy atom. The van der Waals surface area contributed by atoms with Crippen LogP contribution in [0.1, 0.15) is 18.4 Å². The molecule has 1 aliphatic heterocycles. The van der Waals surface area contributed by atoms with E-state index in [1.54, 1.807) is 0 Å². The van der Waals surface area contributed by atoms with Gasteiger partial charge in [0.15, 0.2) is 0 Å². The summed E-state index contributed by atoms with van der Waals surface area (Å²) in [6.07, 6.45) is 0. The van der Waals surface area contributed by atoms with Crippen molar-refractivity contribution in [1.82, 2.24) is 15.0 Å². The van der Waals surface area contributed by atoms with Gasteiger partial charge in [0, 0.05) is 50.0 Å². The van der Waals surface area contributed by atoms with Crippen molar-refractivity contribution in [2.75, 3.05) is 31.5 Å². The number of carbonyl (C=O) groups excluding carboxylic acids is 1. The maximum absolute atomic E-state index is 13.0. The number of aryl methyl sites for hydroxylation is 1. The van der Waals surface area contributed by atoms with Gasteiger partial charge in [0.2, 0.25) is 5.91 Å². The summed E-state index contributed by atoms with van der Waals surface area (Å²) >= 11 is 0. The van der Waals surface area contributed by atoms with Gasteiger partial charge in [0.25, 0.3) is 0 Å². The molecule has 1 amide bonds. The molecule has 30 heavy (non-hydrogen) atoms. The molecule has 1 aliphatic rings. The van der Waals surface area contributed by atoms with Gasteiger partial charge in [-0.2, -0.15) is 0 Å². The Bertz CT molecular complexity index is 978. The van der Waals surface area contributed by atoms with E-state index in [0.29, 0.717) is 0 Å². The summed E-state index contributed by atoms with van der Waals surface area (Å²) in [7, 11) is 0. The van der Waals surface area contributed by atoms with Gasteiger partial charge in [-0.1, -0.05) is 53.7 Å². The van der Waals surface area contributed by atoms with E-state index in [0.717, 1.165) is 61.0 Å². The molecule has 0 aliphatic carbocycles. The topological polar surface area (TPSA) is 61.6 Å². The van der Waals surface area contributed by atoms with Gasteiger partial charge in [-0.05, 0) is 25.5 Å². The lowest BCUT2D eigenvalue weighted by atomic mass is 10.0. The Hall–Kier alpha value is -2.96. The summed E-state index contributed by atoms with van der Waals surface area (Å²) in [5, 5.41) is 7.22. The lowest BCUT2D eigenvalue weighted by molar-refractivity contribution is -0.121. The molecular weight excluding hydrogens is 376 g/mol. The smallest absolute Gasteiger partial charge is 0.241 e. The Kier molecular flexibility index (Phi) is 6.26. The molecule has 0 bridgehead atoms. The number of amides is 1. The number of para-hydroxylation sites is 1. The van der Waals surface area contributed by atoms with Crippen LogP contribution in [0, 0.1) is 6.92 Å². The molecule has 1 unspecified atom stereocenters. The van der Waals surface area contributed by atoms with E-state index in [1.807, 2.05) is 62.4 Å². The van der Waals surface area contributed by atoms with Crippen LogP contribution in [-0.2, 0) is 11.3 Å². The van der Waals surface area contributed by atoms with Gasteiger partial charge in [-0.25, -0.2) is 0 Å². The monoisotopic (exact) mass is 404 g/mol. The van der Waals surface area contributed by atoms with Crippen LogP contribution in [-0.4, -0.2) is 53.1 Å². The van der Waals surface area contributed by atoms with E-state index in [2.05, 4.69) is 32.4 Å². The number of carbonyl (C=O) groups is 1. The second kappa shape index (κ2) is 9.24. The Morgan fingerprint density at radius 3 is 2.47 bits per heavy atom. The Morgan fingerprint density at radius 2 is 1.77 bits per heavy atom. The third-order valence-electron chi connectivity index (χ3n) is 5.67. The zero-order chi connectivity index (χ0) is 20.9. The van der Waals surface area contributed by atoms with Gasteiger partial charge in [-0.3, -0.25) is 14.6 Å². The largest absolute Gasteiger partial charge is 0.361 e. The molecule has 6 heteroatoms. The number of benzene rings is 2. The van der Waals surface area contributed by atoms with Crippen molar-refractivity contribution in [1.29, 1.82) is 0 Å². The second-order valence-electron chi connectivity index (χ2n) is 7.82. The highest BCUT2D eigenvalue weighted by Gasteiger charge is 2.26. The molecular formula is C24H28N4O2. The zero-order valence-corrected chi connectivity index (χ0v) is 17.5. The Balaban J connectivity index is 1.35. The van der Waals surface area contributed by atoms with Crippen molar-refractivity contribution < 1.29 is 9.32 Å². The number of piperazine rings is 1. The summed E-state index contributed by atoms with van der Waals surface area (Å²) in [6.45, 7) is 8.20. The van der Waals surface area contributed by atoms with Crippen molar-refractivity contribution in [2.45, 2.75) is 26.4 Å². The fourth-order valence-corrected chi connectivity index (χ4v) is 3.89. The highest BCUT2D eigenvalue weighted by molar-refractivity contribution is 5.98. The summed E-state index contributed by atoms with van der Waals surface area (Å²) < 4.78 is 5.15. The summed E-state index contributed by atoms with van der Waals surface area (Å²) in [5.41, 5.74) is 3.94. The van der Waals surface area contributed by atoms with Gasteiger partial charge in [0.1, 0.15) is 5.76 Å². The fourth-order valence-electron chi connectivity index (χ4n) is 3.89. The lowest BCUT2D eigenvalue weighted by Crippen LogP contribution is -2.52. The third kappa shape index (κ3) is 4.78. The SMILES string of the molecule is Cc1cc(CN2CCN(C(C)C(=O)Nc3ccccc3-c3ccccc3)CC2)no1. The molecule has 3 aromatic rings. The van der Waals surface area contributed by atoms with Crippen LogP contribution >= 0.6 is 0 Å². The summed E-state index contributed by atoms with van der Waals surface area (Å²) in [4.78, 5) is 17.6. The molecule has 0 radical (unpaired) electrons. The minimum absolute atomic E-state index is 0.0268. The molecule has 0 spiro atoms. The van der Waals surface area contributed by atoms with Crippen LogP contribution in [0.25, 0.3) is 11.1 Å². The van der Waals surface area contributed by atoms with Gasteiger partial charge >= 0.3 is 0 Å². The predicted octanol–water partition coefficient (Wildman–Crippen LogP) is 3.79. The first kappa shape index (κ1) is 20.3. The van der Waals surface area contributed by atoms with E-state index < -0.39 is 0 Å². The number of nitrogens with zero attached hydrogens (tertiary/aromatic N) is 3. The molecule has 4 rings (SSSR count). The maximum atomic E-state index is 13.0. The highest BCUT2D eigenvalue weighted by atomic mass is 16.5. The molecule has 1 atom stereocenters. The average molecular weight is 405 g/mol. The van der Waals surface area contributed by atoms with Crippen molar-refractivity contribution in [3.05, 3.63) is 72.1 Å². The standard InChI is InChI=1S/C24H28N4O2/c1-18-16-21(26-30-18)17-27-12-14-28(15-13-27)19(2)24(29)25-23-11-7-6-10-22(23)20-8-4-3-5-9-20/h3-11,16,19H,12-15,17H2,1-2H3,(H,25,29). The van der Waals surface area contributed by atoms with Crippen LogP contribution in [0.4, 0.5) is 5.69 Å². The molecule has 156 valence electrons. The number of rotatable bonds is 6. The van der Waals surface area contributed by atoms with Gasteiger partial charge in [-0.15, -0.1) is 0 Å². The predicted molar refractivity (Wildman–Crippen MR) is 118 cm³/mol. The van der Waals surface area contributed by atoms with Crippen molar-refractivity contribution in [2.24, 2.45) is 0 Å². The summed E-state index contributed by atoms with van der Waals surface area (Å²) in [6, 6.07) is 19.9. The van der Waals surface area contributed by atoms with Crippen LogP contribution in [0.3, 0.4) is 0 Å². The molecule has 2 aromatic carbocycles.